The lowest BCUT2D eigenvalue weighted by molar-refractivity contribution is 0.0653. The fourth-order valence-corrected chi connectivity index (χ4v) is 4.82. The van der Waals surface area contributed by atoms with Crippen LogP contribution in [0.5, 0.6) is 0 Å². The zero-order chi connectivity index (χ0) is 26.3. The van der Waals surface area contributed by atoms with Crippen LogP contribution in [0.4, 0.5) is 5.95 Å². The lowest BCUT2D eigenvalue weighted by atomic mass is 9.98. The van der Waals surface area contributed by atoms with Gasteiger partial charge in [-0.2, -0.15) is 5.10 Å². The molecule has 0 saturated heterocycles. The number of aromatic amines is 1. The summed E-state index contributed by atoms with van der Waals surface area (Å²) in [6.45, 7) is 6.12. The predicted molar refractivity (Wildman–Crippen MR) is 146 cm³/mol. The van der Waals surface area contributed by atoms with Crippen LogP contribution in [0.15, 0.2) is 59.5 Å². The Bertz CT molecular complexity index is 1510. The number of rotatable bonds is 5. The maximum Gasteiger partial charge on any atom is 0.263 e. The highest BCUT2D eigenvalue weighted by Crippen LogP contribution is 2.28. The minimum absolute atomic E-state index is 0.0388. The van der Waals surface area contributed by atoms with Gasteiger partial charge in [0.1, 0.15) is 0 Å². The first-order valence-corrected chi connectivity index (χ1v) is 12.8. The number of anilines is 1. The number of carbonyl (C=O) groups is 1. The van der Waals surface area contributed by atoms with Gasteiger partial charge < -0.3 is 10.2 Å². The summed E-state index contributed by atoms with van der Waals surface area (Å²) in [5, 5.41) is 11.0. The van der Waals surface area contributed by atoms with E-state index in [9.17, 15) is 9.59 Å². The molecular formula is C27H26Cl2N6O2. The van der Waals surface area contributed by atoms with Crippen LogP contribution >= 0.6 is 23.2 Å². The Morgan fingerprint density at radius 1 is 1.11 bits per heavy atom. The highest BCUT2D eigenvalue weighted by molar-refractivity contribution is 6.42. The minimum Gasteiger partial charge on any atom is -0.353 e. The van der Waals surface area contributed by atoms with E-state index in [1.807, 2.05) is 51.1 Å². The fraction of sp³-hybridized carbons (Fsp3) is 0.259. The van der Waals surface area contributed by atoms with Crippen molar-refractivity contribution in [1.82, 2.24) is 24.6 Å². The van der Waals surface area contributed by atoms with E-state index < -0.39 is 0 Å². The normalized spacial score (nSPS) is 15.1. The van der Waals surface area contributed by atoms with Crippen molar-refractivity contribution < 1.29 is 4.79 Å². The van der Waals surface area contributed by atoms with Gasteiger partial charge in [0.2, 0.25) is 5.95 Å². The van der Waals surface area contributed by atoms with Gasteiger partial charge >= 0.3 is 0 Å². The average Bonchev–Trinajstić information content (AvgIpc) is 3.41. The van der Waals surface area contributed by atoms with Crippen LogP contribution in [0.25, 0.3) is 16.9 Å². The number of nitrogens with one attached hydrogen (secondary N) is 2. The Morgan fingerprint density at radius 2 is 1.86 bits per heavy atom. The van der Waals surface area contributed by atoms with E-state index in [1.54, 1.807) is 33.9 Å². The summed E-state index contributed by atoms with van der Waals surface area (Å²) in [6, 6.07) is 14.2. The molecule has 8 nitrogen and oxygen atoms in total. The Kier molecular flexibility index (Phi) is 6.79. The van der Waals surface area contributed by atoms with Crippen molar-refractivity contribution in [1.29, 1.82) is 0 Å². The van der Waals surface area contributed by atoms with Gasteiger partial charge in [-0.1, -0.05) is 35.3 Å². The molecule has 0 fully saturated rings. The third-order valence-electron chi connectivity index (χ3n) is 6.40. The molecule has 5 rings (SSSR count). The zero-order valence-corrected chi connectivity index (χ0v) is 22.1. The Labute approximate surface area is 224 Å². The number of halogens is 2. The van der Waals surface area contributed by atoms with Crippen molar-refractivity contribution in [3.8, 4) is 16.9 Å². The van der Waals surface area contributed by atoms with Crippen LogP contribution in [0.3, 0.4) is 0 Å². The minimum atomic E-state index is -0.205. The third-order valence-corrected chi connectivity index (χ3v) is 7.14. The van der Waals surface area contributed by atoms with Crippen LogP contribution < -0.4 is 10.9 Å². The lowest BCUT2D eigenvalue weighted by Crippen LogP contribution is -2.46. The van der Waals surface area contributed by atoms with E-state index in [0.717, 1.165) is 11.3 Å². The van der Waals surface area contributed by atoms with Crippen LogP contribution in [-0.2, 0) is 13.0 Å². The lowest BCUT2D eigenvalue weighted by Gasteiger charge is -2.34. The van der Waals surface area contributed by atoms with E-state index in [-0.39, 0.29) is 30.1 Å². The molecule has 2 aromatic carbocycles. The Balaban J connectivity index is 1.54. The maximum atomic E-state index is 13.8. The standard InChI is InChI=1S/C27H26Cl2N6O2/c1-15(2)31-27-32-24-14-34(25(36)18-6-9-21(28)22(29)13-18)16(3)12-20(24)26(37)35(27)19-7-4-17(5-8-19)23-10-11-30-33-23/h4-11,13,15-16H,12,14H2,1-3H3,(H,30,33)(H,31,32)/t16-/m1/s1. The molecule has 37 heavy (non-hydrogen) atoms. The van der Waals surface area contributed by atoms with Crippen LogP contribution in [0.2, 0.25) is 10.0 Å². The number of amides is 1. The summed E-state index contributed by atoms with van der Waals surface area (Å²) in [7, 11) is 0. The molecule has 0 unspecified atom stereocenters. The summed E-state index contributed by atoms with van der Waals surface area (Å²) in [4.78, 5) is 33.7. The average molecular weight is 537 g/mol. The fourth-order valence-electron chi connectivity index (χ4n) is 4.53. The summed E-state index contributed by atoms with van der Waals surface area (Å²) < 4.78 is 1.61. The highest BCUT2D eigenvalue weighted by Gasteiger charge is 2.32. The number of carbonyl (C=O) groups excluding carboxylic acids is 1. The second-order valence-electron chi connectivity index (χ2n) is 9.43. The first-order chi connectivity index (χ1) is 17.7. The van der Waals surface area contributed by atoms with Crippen molar-refractivity contribution in [3.05, 3.63) is 91.9 Å². The molecule has 190 valence electrons. The first-order valence-electron chi connectivity index (χ1n) is 12.0. The Hall–Kier alpha value is -3.62. The van der Waals surface area contributed by atoms with Gasteiger partial charge in [-0.15, -0.1) is 0 Å². The van der Waals surface area contributed by atoms with Crippen molar-refractivity contribution in [2.24, 2.45) is 0 Å². The Morgan fingerprint density at radius 3 is 2.51 bits per heavy atom. The highest BCUT2D eigenvalue weighted by atomic mass is 35.5. The molecule has 1 amide bonds. The summed E-state index contributed by atoms with van der Waals surface area (Å²) in [6.07, 6.45) is 2.09. The number of benzene rings is 2. The van der Waals surface area contributed by atoms with E-state index in [1.165, 1.54) is 0 Å². The number of hydrogen-bond acceptors (Lipinski definition) is 5. The molecule has 10 heteroatoms. The smallest absolute Gasteiger partial charge is 0.263 e. The molecule has 1 aliphatic heterocycles. The van der Waals surface area contributed by atoms with Gasteiger partial charge in [0.25, 0.3) is 11.5 Å². The molecule has 4 aromatic rings. The quantitative estimate of drug-likeness (QED) is 0.359. The summed E-state index contributed by atoms with van der Waals surface area (Å²) in [5.74, 6) is 0.250. The van der Waals surface area contributed by atoms with Crippen LogP contribution in [0, 0.1) is 0 Å². The molecule has 0 bridgehead atoms. The summed E-state index contributed by atoms with van der Waals surface area (Å²) >= 11 is 12.2. The number of H-pyrrole nitrogens is 1. The van der Waals surface area contributed by atoms with Gasteiger partial charge in [0.05, 0.1) is 33.7 Å². The van der Waals surface area contributed by atoms with Gasteiger partial charge in [0, 0.05) is 29.4 Å². The molecule has 1 aliphatic rings. The van der Waals surface area contributed by atoms with Crippen molar-refractivity contribution in [3.63, 3.8) is 0 Å². The number of fused-ring (bicyclic) bond motifs is 1. The largest absolute Gasteiger partial charge is 0.353 e. The SMILES string of the molecule is CC(C)Nc1nc2c(c(=O)n1-c1ccc(-c3ccn[nH]3)cc1)C[C@@H](C)N(C(=O)c1ccc(Cl)c(Cl)c1)C2. The predicted octanol–water partition coefficient (Wildman–Crippen LogP) is 5.34. The van der Waals surface area contributed by atoms with E-state index in [4.69, 9.17) is 28.2 Å². The third kappa shape index (κ3) is 4.86. The van der Waals surface area contributed by atoms with E-state index >= 15 is 0 Å². The maximum absolute atomic E-state index is 13.8. The molecule has 1 atom stereocenters. The van der Waals surface area contributed by atoms with Crippen LogP contribution in [0.1, 0.15) is 42.4 Å². The van der Waals surface area contributed by atoms with Gasteiger partial charge in [-0.25, -0.2) is 9.55 Å². The molecule has 0 saturated carbocycles. The second kappa shape index (κ2) is 10.0. The summed E-state index contributed by atoms with van der Waals surface area (Å²) in [5.41, 5.74) is 4.05. The molecule has 2 N–H and O–H groups in total. The van der Waals surface area contributed by atoms with Crippen molar-refractivity contribution in [2.45, 2.75) is 45.8 Å². The van der Waals surface area contributed by atoms with Gasteiger partial charge in [-0.3, -0.25) is 14.7 Å². The molecule has 0 spiro atoms. The van der Waals surface area contributed by atoms with E-state index in [2.05, 4.69) is 15.5 Å². The van der Waals surface area contributed by atoms with Gasteiger partial charge in [0.15, 0.2) is 0 Å². The number of aromatic nitrogens is 4. The molecule has 0 radical (unpaired) electrons. The first kappa shape index (κ1) is 25.0. The molecule has 0 aliphatic carbocycles. The zero-order valence-electron chi connectivity index (χ0n) is 20.6. The number of nitrogens with zero attached hydrogens (tertiary/aromatic N) is 4. The molecule has 3 heterocycles. The molecular weight excluding hydrogens is 511 g/mol. The number of hydrogen-bond donors (Lipinski definition) is 2. The monoisotopic (exact) mass is 536 g/mol. The van der Waals surface area contributed by atoms with Crippen molar-refractivity contribution in [2.75, 3.05) is 5.32 Å². The van der Waals surface area contributed by atoms with E-state index in [0.29, 0.717) is 44.9 Å². The van der Waals surface area contributed by atoms with Gasteiger partial charge in [-0.05, 0) is 69.2 Å². The van der Waals surface area contributed by atoms with Crippen molar-refractivity contribution >= 4 is 35.1 Å². The second-order valence-corrected chi connectivity index (χ2v) is 10.2. The molecule has 2 aromatic heterocycles. The van der Waals surface area contributed by atoms with Crippen LogP contribution in [-0.4, -0.2) is 42.6 Å². The topological polar surface area (TPSA) is 95.9 Å².